The predicted molar refractivity (Wildman–Crippen MR) is 82.9 cm³/mol. The zero-order chi connectivity index (χ0) is 15.1. The van der Waals surface area contributed by atoms with Gasteiger partial charge in [-0.1, -0.05) is 29.8 Å². The van der Waals surface area contributed by atoms with Gasteiger partial charge < -0.3 is 5.11 Å². The molecule has 0 aliphatic rings. The van der Waals surface area contributed by atoms with Gasteiger partial charge in [0.05, 0.1) is 17.7 Å². The maximum atomic E-state index is 12.3. The Morgan fingerprint density at radius 1 is 1.45 bits per heavy atom. The third-order valence-corrected chi connectivity index (χ3v) is 3.50. The quantitative estimate of drug-likeness (QED) is 0.869. The van der Waals surface area contributed by atoms with Crippen LogP contribution >= 0.6 is 15.9 Å². The van der Waals surface area contributed by atoms with Crippen LogP contribution in [0, 0.1) is 5.92 Å². The van der Waals surface area contributed by atoms with Crippen molar-refractivity contribution in [2.75, 3.05) is 0 Å². The first-order chi connectivity index (χ1) is 9.19. The van der Waals surface area contributed by atoms with Crippen molar-refractivity contribution in [3.63, 3.8) is 0 Å². The molecule has 108 valence electrons. The molecule has 0 unspecified atom stereocenters. The molecule has 0 fully saturated rings. The molecular weight excluding hydrogens is 320 g/mol. The van der Waals surface area contributed by atoms with Crippen LogP contribution in [0.4, 0.5) is 0 Å². The Kier molecular flexibility index (Phi) is 4.02. The Labute approximate surface area is 126 Å². The molecule has 0 radical (unpaired) electrons. The van der Waals surface area contributed by atoms with E-state index in [0.717, 1.165) is 15.4 Å². The minimum Gasteiger partial charge on any atom is -0.389 e. The summed E-state index contributed by atoms with van der Waals surface area (Å²) >= 11 is 3.43. The van der Waals surface area contributed by atoms with Gasteiger partial charge in [0, 0.05) is 15.8 Å². The third-order valence-electron chi connectivity index (χ3n) is 3.01. The van der Waals surface area contributed by atoms with Crippen LogP contribution in [-0.2, 0) is 6.54 Å². The number of rotatable bonds is 4. The molecule has 2 rings (SSSR count). The van der Waals surface area contributed by atoms with E-state index in [1.54, 1.807) is 18.5 Å². The van der Waals surface area contributed by atoms with Crippen LogP contribution in [0.1, 0.15) is 38.2 Å². The molecule has 1 aromatic heterocycles. The SMILES string of the molecule is CC(C)C(=O)c1nn(CC(C)(C)O)c2cc(Br)ccc12. The Hall–Kier alpha value is -1.20. The van der Waals surface area contributed by atoms with Gasteiger partial charge in [0.15, 0.2) is 5.78 Å². The first-order valence-electron chi connectivity index (χ1n) is 6.62. The van der Waals surface area contributed by atoms with Crippen molar-refractivity contribution in [3.05, 3.63) is 28.4 Å². The summed E-state index contributed by atoms with van der Waals surface area (Å²) in [6.07, 6.45) is 0. The molecular formula is C15H19BrN2O2. The summed E-state index contributed by atoms with van der Waals surface area (Å²) in [5.74, 6) is -0.0841. The van der Waals surface area contributed by atoms with Gasteiger partial charge in [-0.05, 0) is 32.0 Å². The molecule has 0 atom stereocenters. The second-order valence-corrected chi connectivity index (χ2v) is 6.91. The highest BCUT2D eigenvalue weighted by atomic mass is 79.9. The lowest BCUT2D eigenvalue weighted by molar-refractivity contribution is 0.0587. The highest BCUT2D eigenvalue weighted by Crippen LogP contribution is 2.25. The van der Waals surface area contributed by atoms with Gasteiger partial charge in [-0.25, -0.2) is 0 Å². The number of fused-ring (bicyclic) bond motifs is 1. The molecule has 20 heavy (non-hydrogen) atoms. The maximum Gasteiger partial charge on any atom is 0.186 e. The first kappa shape index (κ1) is 15.2. The summed E-state index contributed by atoms with van der Waals surface area (Å²) in [7, 11) is 0. The van der Waals surface area contributed by atoms with Crippen molar-refractivity contribution in [1.82, 2.24) is 9.78 Å². The second kappa shape index (κ2) is 5.30. The van der Waals surface area contributed by atoms with Crippen molar-refractivity contribution < 1.29 is 9.90 Å². The van der Waals surface area contributed by atoms with E-state index < -0.39 is 5.60 Å². The van der Waals surface area contributed by atoms with Crippen LogP contribution in [0.3, 0.4) is 0 Å². The molecule has 0 aliphatic carbocycles. The van der Waals surface area contributed by atoms with Crippen molar-refractivity contribution >= 4 is 32.6 Å². The van der Waals surface area contributed by atoms with Gasteiger partial charge in [0.2, 0.25) is 0 Å². The highest BCUT2D eigenvalue weighted by Gasteiger charge is 2.22. The van der Waals surface area contributed by atoms with E-state index in [2.05, 4.69) is 21.0 Å². The van der Waals surface area contributed by atoms with Gasteiger partial charge in [-0.15, -0.1) is 0 Å². The normalized spacial score (nSPS) is 12.3. The number of benzene rings is 1. The maximum absolute atomic E-state index is 12.3. The van der Waals surface area contributed by atoms with E-state index in [-0.39, 0.29) is 11.7 Å². The van der Waals surface area contributed by atoms with E-state index in [4.69, 9.17) is 0 Å². The number of hydrogen-bond acceptors (Lipinski definition) is 3. The van der Waals surface area contributed by atoms with Crippen LogP contribution in [0.25, 0.3) is 10.9 Å². The Balaban J connectivity index is 2.63. The van der Waals surface area contributed by atoms with Crippen molar-refractivity contribution in [1.29, 1.82) is 0 Å². The highest BCUT2D eigenvalue weighted by molar-refractivity contribution is 9.10. The van der Waals surface area contributed by atoms with Crippen molar-refractivity contribution in [2.45, 2.75) is 39.8 Å². The fourth-order valence-corrected chi connectivity index (χ4v) is 2.44. The topological polar surface area (TPSA) is 55.1 Å². The lowest BCUT2D eigenvalue weighted by Gasteiger charge is -2.17. The molecule has 1 aromatic carbocycles. The lowest BCUT2D eigenvalue weighted by Crippen LogP contribution is -2.26. The monoisotopic (exact) mass is 338 g/mol. The Morgan fingerprint density at radius 2 is 2.10 bits per heavy atom. The van der Waals surface area contributed by atoms with Crippen LogP contribution in [0.2, 0.25) is 0 Å². The largest absolute Gasteiger partial charge is 0.389 e. The number of ketones is 1. The van der Waals surface area contributed by atoms with Gasteiger partial charge in [0.25, 0.3) is 0 Å². The minimum absolute atomic E-state index is 0.0202. The molecule has 1 N–H and O–H groups in total. The zero-order valence-electron chi connectivity index (χ0n) is 12.1. The van der Waals surface area contributed by atoms with E-state index in [9.17, 15) is 9.90 Å². The van der Waals surface area contributed by atoms with Crippen LogP contribution in [-0.4, -0.2) is 26.3 Å². The summed E-state index contributed by atoms with van der Waals surface area (Å²) in [5.41, 5.74) is 0.441. The molecule has 0 spiro atoms. The molecule has 4 nitrogen and oxygen atoms in total. The number of aromatic nitrogens is 2. The number of carbonyl (C=O) groups is 1. The molecule has 5 heteroatoms. The van der Waals surface area contributed by atoms with Gasteiger partial charge >= 0.3 is 0 Å². The molecule has 1 heterocycles. The third kappa shape index (κ3) is 3.10. The number of hydrogen-bond donors (Lipinski definition) is 1. The number of carbonyl (C=O) groups excluding carboxylic acids is 1. The van der Waals surface area contributed by atoms with E-state index >= 15 is 0 Å². The first-order valence-corrected chi connectivity index (χ1v) is 7.41. The molecule has 0 saturated heterocycles. The predicted octanol–water partition coefficient (Wildman–Crippen LogP) is 3.41. The lowest BCUT2D eigenvalue weighted by atomic mass is 10.0. The van der Waals surface area contributed by atoms with E-state index in [1.807, 2.05) is 32.0 Å². The molecule has 0 saturated carbocycles. The number of Topliss-reactive ketones (excluding diaryl/α,β-unsaturated/α-hetero) is 1. The van der Waals surface area contributed by atoms with Crippen molar-refractivity contribution in [3.8, 4) is 0 Å². The fourth-order valence-electron chi connectivity index (χ4n) is 2.09. The summed E-state index contributed by atoms with van der Waals surface area (Å²) < 4.78 is 2.63. The summed E-state index contributed by atoms with van der Waals surface area (Å²) in [6.45, 7) is 7.51. The smallest absolute Gasteiger partial charge is 0.186 e. The second-order valence-electron chi connectivity index (χ2n) is 6.00. The average molecular weight is 339 g/mol. The zero-order valence-corrected chi connectivity index (χ0v) is 13.7. The van der Waals surface area contributed by atoms with Gasteiger partial charge in [-0.2, -0.15) is 5.10 Å². The van der Waals surface area contributed by atoms with Gasteiger partial charge in [0.1, 0.15) is 5.69 Å². The Morgan fingerprint density at radius 3 is 2.65 bits per heavy atom. The molecule has 0 aliphatic heterocycles. The summed E-state index contributed by atoms with van der Waals surface area (Å²) in [5, 5.41) is 15.3. The van der Waals surface area contributed by atoms with Crippen molar-refractivity contribution in [2.24, 2.45) is 5.92 Å². The Bertz CT molecular complexity index is 654. The van der Waals surface area contributed by atoms with Crippen LogP contribution in [0.5, 0.6) is 0 Å². The van der Waals surface area contributed by atoms with Gasteiger partial charge in [-0.3, -0.25) is 9.48 Å². The molecule has 0 amide bonds. The standard InChI is InChI=1S/C15H19BrN2O2/c1-9(2)14(19)13-11-6-5-10(16)7-12(11)18(17-13)8-15(3,4)20/h5-7,9,20H,8H2,1-4H3. The number of nitrogens with zero attached hydrogens (tertiary/aromatic N) is 2. The molecule has 2 aromatic rings. The van der Waals surface area contributed by atoms with Crippen LogP contribution < -0.4 is 0 Å². The van der Waals surface area contributed by atoms with Crippen LogP contribution in [0.15, 0.2) is 22.7 Å². The molecule has 0 bridgehead atoms. The fraction of sp³-hybridized carbons (Fsp3) is 0.467. The average Bonchev–Trinajstić information content (AvgIpc) is 2.64. The van der Waals surface area contributed by atoms with E-state index in [0.29, 0.717) is 12.2 Å². The van der Waals surface area contributed by atoms with E-state index in [1.165, 1.54) is 0 Å². The number of aliphatic hydroxyl groups is 1. The summed E-state index contributed by atoms with van der Waals surface area (Å²) in [4.78, 5) is 12.3. The number of halogens is 1. The minimum atomic E-state index is -0.889. The summed E-state index contributed by atoms with van der Waals surface area (Å²) in [6, 6.07) is 5.71.